The summed E-state index contributed by atoms with van der Waals surface area (Å²) < 4.78 is 5.50. The van der Waals surface area contributed by atoms with Crippen LogP contribution in [0.1, 0.15) is 42.7 Å². The molecule has 1 amide bonds. The Hall–Kier alpha value is -2.62. The van der Waals surface area contributed by atoms with Gasteiger partial charge >= 0.3 is 6.09 Å². The lowest BCUT2D eigenvalue weighted by molar-refractivity contribution is -0.110. The largest absolute Gasteiger partial charge is 0.449 e. The van der Waals surface area contributed by atoms with E-state index >= 15 is 0 Å². The molecule has 2 aromatic carbocycles. The van der Waals surface area contributed by atoms with Crippen LogP contribution in [0.2, 0.25) is 0 Å². The minimum Gasteiger partial charge on any atom is -0.449 e. The first kappa shape index (κ1) is 16.8. The number of amides is 1. The molecule has 2 aliphatic carbocycles. The van der Waals surface area contributed by atoms with Crippen molar-refractivity contribution in [2.75, 3.05) is 6.61 Å². The number of fused-ring (bicyclic) bond motifs is 3. The number of carbonyl (C=O) groups excluding carboxylic acids is 2. The van der Waals surface area contributed by atoms with Gasteiger partial charge in [-0.25, -0.2) is 4.79 Å². The number of alkyl carbamates (subject to hydrolysis) is 1. The van der Waals surface area contributed by atoms with Crippen molar-refractivity contribution in [1.29, 1.82) is 0 Å². The smallest absolute Gasteiger partial charge is 0.407 e. The Morgan fingerprint density at radius 3 is 2.23 bits per heavy atom. The Bertz CT molecular complexity index is 767. The lowest BCUT2D eigenvalue weighted by Gasteiger charge is -2.27. The predicted molar refractivity (Wildman–Crippen MR) is 100 cm³/mol. The molecule has 0 heterocycles. The van der Waals surface area contributed by atoms with E-state index in [1.165, 1.54) is 28.7 Å². The zero-order valence-corrected chi connectivity index (χ0v) is 14.7. The number of aldehydes is 1. The molecule has 1 unspecified atom stereocenters. The summed E-state index contributed by atoms with van der Waals surface area (Å²) in [5, 5.41) is 2.71. The first-order valence-electron chi connectivity index (χ1n) is 9.33. The van der Waals surface area contributed by atoms with Crippen molar-refractivity contribution in [1.82, 2.24) is 5.32 Å². The zero-order valence-electron chi connectivity index (χ0n) is 14.7. The average molecular weight is 349 g/mol. The lowest BCUT2D eigenvalue weighted by Crippen LogP contribution is -2.39. The second-order valence-corrected chi connectivity index (χ2v) is 7.25. The summed E-state index contributed by atoms with van der Waals surface area (Å²) in [6.07, 6.45) is 4.55. The molecular formula is C22H23NO3. The third-order valence-electron chi connectivity index (χ3n) is 5.62. The van der Waals surface area contributed by atoms with Gasteiger partial charge in [0, 0.05) is 5.92 Å². The number of ether oxygens (including phenoxy) is 1. The van der Waals surface area contributed by atoms with Gasteiger partial charge in [-0.3, -0.25) is 0 Å². The van der Waals surface area contributed by atoms with Crippen LogP contribution in [0.5, 0.6) is 0 Å². The molecule has 4 rings (SSSR count). The summed E-state index contributed by atoms with van der Waals surface area (Å²) in [5.41, 5.74) is 4.77. The van der Waals surface area contributed by atoms with Gasteiger partial charge in [0.05, 0.1) is 6.04 Å². The molecule has 2 aliphatic rings. The molecule has 26 heavy (non-hydrogen) atoms. The maximum absolute atomic E-state index is 12.2. The van der Waals surface area contributed by atoms with Gasteiger partial charge in [-0.05, 0) is 34.6 Å². The van der Waals surface area contributed by atoms with Crippen LogP contribution in [-0.4, -0.2) is 25.0 Å². The Morgan fingerprint density at radius 2 is 1.69 bits per heavy atom. The van der Waals surface area contributed by atoms with E-state index < -0.39 is 12.1 Å². The van der Waals surface area contributed by atoms with Gasteiger partial charge in [0.1, 0.15) is 12.9 Å². The van der Waals surface area contributed by atoms with Crippen LogP contribution >= 0.6 is 0 Å². The molecule has 0 saturated heterocycles. The zero-order chi connectivity index (χ0) is 17.9. The Kier molecular flexibility index (Phi) is 4.74. The summed E-state index contributed by atoms with van der Waals surface area (Å²) in [5.74, 6) is 0.591. The van der Waals surface area contributed by atoms with E-state index in [2.05, 4.69) is 29.6 Å². The van der Waals surface area contributed by atoms with Crippen molar-refractivity contribution in [3.63, 3.8) is 0 Å². The number of benzene rings is 2. The minimum atomic E-state index is -0.511. The maximum Gasteiger partial charge on any atom is 0.407 e. The van der Waals surface area contributed by atoms with Crippen LogP contribution in [0.4, 0.5) is 4.79 Å². The summed E-state index contributed by atoms with van der Waals surface area (Å²) in [7, 11) is 0. The number of nitrogens with one attached hydrogen (secondary N) is 1. The van der Waals surface area contributed by atoms with Gasteiger partial charge in [-0.1, -0.05) is 67.8 Å². The molecule has 1 N–H and O–H groups in total. The van der Waals surface area contributed by atoms with Crippen LogP contribution in [0.3, 0.4) is 0 Å². The van der Waals surface area contributed by atoms with Crippen molar-refractivity contribution in [2.24, 2.45) is 5.92 Å². The molecule has 134 valence electrons. The molecule has 0 aliphatic heterocycles. The molecule has 4 heteroatoms. The molecule has 0 aromatic heterocycles. The highest BCUT2D eigenvalue weighted by Gasteiger charge is 2.29. The van der Waals surface area contributed by atoms with Crippen LogP contribution < -0.4 is 5.32 Å². The number of hydrogen-bond acceptors (Lipinski definition) is 3. The topological polar surface area (TPSA) is 55.4 Å². The van der Waals surface area contributed by atoms with Gasteiger partial charge in [-0.2, -0.15) is 0 Å². The lowest BCUT2D eigenvalue weighted by atomic mass is 9.81. The predicted octanol–water partition coefficient (Wildman–Crippen LogP) is 4.28. The number of hydrogen-bond donors (Lipinski definition) is 1. The Labute approximate surface area is 153 Å². The fourth-order valence-corrected chi connectivity index (χ4v) is 4.03. The highest BCUT2D eigenvalue weighted by molar-refractivity contribution is 5.79. The van der Waals surface area contributed by atoms with E-state index in [9.17, 15) is 9.59 Å². The third-order valence-corrected chi connectivity index (χ3v) is 5.62. The molecule has 2 aromatic rings. The average Bonchev–Trinajstić information content (AvgIpc) is 2.96. The van der Waals surface area contributed by atoms with Crippen molar-refractivity contribution < 1.29 is 14.3 Å². The van der Waals surface area contributed by atoms with Gasteiger partial charge in [0.25, 0.3) is 0 Å². The SMILES string of the molecule is O=CC(CC1CCC1)NC(=O)OCC1c2ccccc2-c2ccccc21. The van der Waals surface area contributed by atoms with E-state index in [4.69, 9.17) is 4.74 Å². The fraction of sp³-hybridized carbons (Fsp3) is 0.364. The van der Waals surface area contributed by atoms with Crippen molar-refractivity contribution in [2.45, 2.75) is 37.6 Å². The molecule has 0 radical (unpaired) electrons. The molecule has 0 bridgehead atoms. The minimum absolute atomic E-state index is 0.0365. The third kappa shape index (κ3) is 3.24. The van der Waals surface area contributed by atoms with Crippen LogP contribution in [0, 0.1) is 5.92 Å². The van der Waals surface area contributed by atoms with Gasteiger partial charge in [0.15, 0.2) is 0 Å². The number of rotatable bonds is 6. The number of carbonyl (C=O) groups is 2. The molecule has 1 saturated carbocycles. The highest BCUT2D eigenvalue weighted by atomic mass is 16.5. The second kappa shape index (κ2) is 7.32. The summed E-state index contributed by atoms with van der Waals surface area (Å²) >= 11 is 0. The van der Waals surface area contributed by atoms with Gasteiger partial charge in [-0.15, -0.1) is 0 Å². The quantitative estimate of drug-likeness (QED) is 0.792. The van der Waals surface area contributed by atoms with E-state index in [-0.39, 0.29) is 12.5 Å². The summed E-state index contributed by atoms with van der Waals surface area (Å²) in [4.78, 5) is 23.4. The first-order chi connectivity index (χ1) is 12.8. The molecule has 1 fully saturated rings. The van der Waals surface area contributed by atoms with Crippen molar-refractivity contribution in [3.05, 3.63) is 59.7 Å². The molecule has 0 spiro atoms. The van der Waals surface area contributed by atoms with Gasteiger partial charge in [0.2, 0.25) is 0 Å². The van der Waals surface area contributed by atoms with Crippen molar-refractivity contribution in [3.8, 4) is 11.1 Å². The van der Waals surface area contributed by atoms with E-state index in [1.54, 1.807) is 0 Å². The standard InChI is InChI=1S/C22H23NO3/c24-13-16(12-15-6-5-7-15)23-22(25)26-14-21-19-10-3-1-8-17(19)18-9-2-4-11-20(18)21/h1-4,8-11,13,15-16,21H,5-7,12,14H2,(H,23,25). The van der Waals surface area contributed by atoms with Crippen molar-refractivity contribution >= 4 is 12.4 Å². The van der Waals surface area contributed by atoms with E-state index in [0.717, 1.165) is 19.1 Å². The summed E-state index contributed by atoms with van der Waals surface area (Å²) in [6.45, 7) is 0.273. The Balaban J connectivity index is 1.41. The first-order valence-corrected chi connectivity index (χ1v) is 9.33. The van der Waals surface area contributed by atoms with Crippen LogP contribution in [0.25, 0.3) is 11.1 Å². The van der Waals surface area contributed by atoms with Crippen LogP contribution in [0.15, 0.2) is 48.5 Å². The summed E-state index contributed by atoms with van der Waals surface area (Å²) in [6, 6.07) is 16.0. The van der Waals surface area contributed by atoms with Gasteiger partial charge < -0.3 is 14.8 Å². The molecular weight excluding hydrogens is 326 g/mol. The van der Waals surface area contributed by atoms with E-state index in [1.807, 2.05) is 24.3 Å². The monoisotopic (exact) mass is 349 g/mol. The van der Waals surface area contributed by atoms with E-state index in [0.29, 0.717) is 12.3 Å². The molecule has 4 nitrogen and oxygen atoms in total. The normalized spacial score (nSPS) is 16.9. The van der Waals surface area contributed by atoms with Crippen LogP contribution in [-0.2, 0) is 9.53 Å². The molecule has 1 atom stereocenters. The Morgan fingerprint density at radius 1 is 1.08 bits per heavy atom. The second-order valence-electron chi connectivity index (χ2n) is 7.25. The highest BCUT2D eigenvalue weighted by Crippen LogP contribution is 2.44. The fourth-order valence-electron chi connectivity index (χ4n) is 4.03. The maximum atomic E-state index is 12.2.